The number of hydrogen-bond acceptors (Lipinski definition) is 5. The number of carbonyl (C=O) groups is 3. The first-order valence-electron chi connectivity index (χ1n) is 6.79. The fourth-order valence-corrected chi connectivity index (χ4v) is 2.85. The van der Waals surface area contributed by atoms with Crippen molar-refractivity contribution in [2.45, 2.75) is 19.4 Å². The van der Waals surface area contributed by atoms with Crippen LogP contribution in [-0.2, 0) is 20.9 Å². The molecule has 2 aliphatic rings. The van der Waals surface area contributed by atoms with Crippen molar-refractivity contribution in [1.82, 2.24) is 4.90 Å². The second-order valence-corrected chi connectivity index (χ2v) is 5.18. The van der Waals surface area contributed by atoms with Crippen molar-refractivity contribution < 1.29 is 23.5 Å². The molecule has 0 aromatic carbocycles. The van der Waals surface area contributed by atoms with Crippen LogP contribution in [-0.4, -0.2) is 29.8 Å². The van der Waals surface area contributed by atoms with Crippen LogP contribution < -0.4 is 0 Å². The minimum absolute atomic E-state index is 0.0572. The Morgan fingerprint density at radius 3 is 2.43 bits per heavy atom. The minimum Gasteiger partial charge on any atom is -0.463 e. The molecule has 2 amide bonds. The molecule has 1 aromatic heterocycles. The fourth-order valence-electron chi connectivity index (χ4n) is 2.85. The summed E-state index contributed by atoms with van der Waals surface area (Å²) in [4.78, 5) is 37.1. The molecule has 21 heavy (non-hydrogen) atoms. The highest BCUT2D eigenvalue weighted by molar-refractivity contribution is 6.05. The summed E-state index contributed by atoms with van der Waals surface area (Å²) in [7, 11) is 1.26. The molecule has 6 heteroatoms. The van der Waals surface area contributed by atoms with E-state index in [1.165, 1.54) is 18.1 Å². The summed E-state index contributed by atoms with van der Waals surface area (Å²) in [6.45, 7) is 0.0572. The predicted molar refractivity (Wildman–Crippen MR) is 71.0 cm³/mol. The molecule has 1 aliphatic carbocycles. The van der Waals surface area contributed by atoms with E-state index in [2.05, 4.69) is 4.74 Å². The maximum Gasteiger partial charge on any atom is 0.373 e. The fraction of sp³-hybridized carbons (Fsp3) is 0.400. The monoisotopic (exact) mass is 289 g/mol. The topological polar surface area (TPSA) is 76.8 Å². The lowest BCUT2D eigenvalue weighted by molar-refractivity contribution is -0.140. The van der Waals surface area contributed by atoms with Gasteiger partial charge >= 0.3 is 5.97 Å². The molecule has 0 spiro atoms. The van der Waals surface area contributed by atoms with Crippen LogP contribution in [0.3, 0.4) is 0 Å². The number of hydrogen-bond donors (Lipinski definition) is 0. The van der Waals surface area contributed by atoms with Gasteiger partial charge < -0.3 is 9.15 Å². The Kier molecular flexibility index (Phi) is 3.37. The van der Waals surface area contributed by atoms with E-state index >= 15 is 0 Å². The summed E-state index contributed by atoms with van der Waals surface area (Å²) in [5.41, 5.74) is 0. The van der Waals surface area contributed by atoms with E-state index in [1.54, 1.807) is 6.07 Å². The lowest BCUT2D eigenvalue weighted by Crippen LogP contribution is -2.30. The molecule has 2 unspecified atom stereocenters. The van der Waals surface area contributed by atoms with E-state index in [9.17, 15) is 14.4 Å². The van der Waals surface area contributed by atoms with E-state index in [4.69, 9.17) is 4.42 Å². The maximum atomic E-state index is 12.3. The molecule has 110 valence electrons. The van der Waals surface area contributed by atoms with Crippen molar-refractivity contribution in [3.05, 3.63) is 35.8 Å². The van der Waals surface area contributed by atoms with Crippen molar-refractivity contribution in [3.63, 3.8) is 0 Å². The summed E-state index contributed by atoms with van der Waals surface area (Å²) in [5.74, 6) is -0.960. The molecule has 0 bridgehead atoms. The molecule has 2 atom stereocenters. The van der Waals surface area contributed by atoms with Crippen molar-refractivity contribution in [2.75, 3.05) is 7.11 Å². The number of ether oxygens (including phenoxy) is 1. The number of rotatable bonds is 3. The Hall–Kier alpha value is -2.37. The summed E-state index contributed by atoms with van der Waals surface area (Å²) >= 11 is 0. The molecule has 1 aliphatic heterocycles. The highest BCUT2D eigenvalue weighted by atomic mass is 16.5. The van der Waals surface area contributed by atoms with Crippen molar-refractivity contribution >= 4 is 17.8 Å². The molecule has 2 heterocycles. The largest absolute Gasteiger partial charge is 0.463 e. The zero-order valence-corrected chi connectivity index (χ0v) is 11.6. The summed E-state index contributed by atoms with van der Waals surface area (Å²) in [6.07, 6.45) is 5.10. The number of nitrogens with zero attached hydrogens (tertiary/aromatic N) is 1. The van der Waals surface area contributed by atoms with Crippen LogP contribution in [0, 0.1) is 11.8 Å². The number of likely N-dealkylation sites (tertiary alicyclic amines) is 1. The summed E-state index contributed by atoms with van der Waals surface area (Å²) in [6, 6.07) is 3.05. The van der Waals surface area contributed by atoms with Crippen LogP contribution in [0.4, 0.5) is 0 Å². The van der Waals surface area contributed by atoms with Gasteiger partial charge in [-0.25, -0.2) is 4.79 Å². The van der Waals surface area contributed by atoms with Gasteiger partial charge in [-0.2, -0.15) is 0 Å². The molecule has 3 rings (SSSR count). The van der Waals surface area contributed by atoms with Crippen LogP contribution >= 0.6 is 0 Å². The zero-order chi connectivity index (χ0) is 15.0. The van der Waals surface area contributed by atoms with Crippen LogP contribution in [0.15, 0.2) is 28.7 Å². The van der Waals surface area contributed by atoms with Gasteiger partial charge in [-0.3, -0.25) is 14.5 Å². The van der Waals surface area contributed by atoms with E-state index < -0.39 is 5.97 Å². The third-order valence-corrected chi connectivity index (χ3v) is 3.96. The minimum atomic E-state index is -0.585. The van der Waals surface area contributed by atoms with Crippen molar-refractivity contribution in [3.8, 4) is 0 Å². The van der Waals surface area contributed by atoms with Gasteiger partial charge in [0.15, 0.2) is 0 Å². The molecular formula is C15H15NO5. The molecule has 0 saturated carbocycles. The highest BCUT2D eigenvalue weighted by Gasteiger charge is 2.47. The smallest absolute Gasteiger partial charge is 0.373 e. The Morgan fingerprint density at radius 1 is 1.24 bits per heavy atom. The molecule has 1 saturated heterocycles. The zero-order valence-electron chi connectivity index (χ0n) is 11.6. The molecule has 0 radical (unpaired) electrons. The number of fused-ring (bicyclic) bond motifs is 1. The number of esters is 1. The second kappa shape index (κ2) is 5.20. The lowest BCUT2D eigenvalue weighted by atomic mass is 9.85. The number of amides is 2. The molecule has 6 nitrogen and oxygen atoms in total. The Bertz CT molecular complexity index is 604. The normalized spacial score (nSPS) is 24.3. The first-order chi connectivity index (χ1) is 10.1. The van der Waals surface area contributed by atoms with Gasteiger partial charge in [0, 0.05) is 0 Å². The van der Waals surface area contributed by atoms with Gasteiger partial charge in [0.2, 0.25) is 17.6 Å². The average molecular weight is 289 g/mol. The summed E-state index contributed by atoms with van der Waals surface area (Å²) < 4.78 is 9.86. The number of carbonyl (C=O) groups excluding carboxylic acids is 3. The van der Waals surface area contributed by atoms with E-state index in [0.29, 0.717) is 18.6 Å². The predicted octanol–water partition coefficient (Wildman–Crippen LogP) is 1.52. The standard InChI is InChI=1S/C15H15NO5/c1-20-15(19)12-7-6-9(21-12)8-16-13(17)10-4-2-3-5-11(10)14(16)18/h2-3,6-7,10-11H,4-5,8H2,1H3. The van der Waals surface area contributed by atoms with Gasteiger partial charge in [0.1, 0.15) is 5.76 Å². The van der Waals surface area contributed by atoms with Crippen LogP contribution in [0.5, 0.6) is 0 Å². The molecule has 1 fully saturated rings. The summed E-state index contributed by atoms with van der Waals surface area (Å²) in [5, 5.41) is 0. The average Bonchev–Trinajstić information content (AvgIpc) is 3.07. The molecule has 0 N–H and O–H groups in total. The highest BCUT2D eigenvalue weighted by Crippen LogP contribution is 2.35. The second-order valence-electron chi connectivity index (χ2n) is 5.18. The van der Waals surface area contributed by atoms with Gasteiger partial charge in [-0.15, -0.1) is 0 Å². The lowest BCUT2D eigenvalue weighted by Gasteiger charge is -2.14. The van der Waals surface area contributed by atoms with Crippen molar-refractivity contribution in [1.29, 1.82) is 0 Å². The van der Waals surface area contributed by atoms with Gasteiger partial charge in [0.25, 0.3) is 0 Å². The van der Waals surface area contributed by atoms with E-state index in [-0.39, 0.29) is 36.0 Å². The SMILES string of the molecule is COC(=O)c1ccc(CN2C(=O)C3CC=CCC3C2=O)o1. The first-order valence-corrected chi connectivity index (χ1v) is 6.79. The number of furan rings is 1. The third kappa shape index (κ3) is 2.26. The van der Waals surface area contributed by atoms with Crippen LogP contribution in [0.1, 0.15) is 29.2 Å². The number of allylic oxidation sites excluding steroid dienone is 2. The van der Waals surface area contributed by atoms with Gasteiger partial charge in [0.05, 0.1) is 25.5 Å². The maximum absolute atomic E-state index is 12.3. The third-order valence-electron chi connectivity index (χ3n) is 3.96. The number of methoxy groups -OCH3 is 1. The quantitative estimate of drug-likeness (QED) is 0.479. The van der Waals surface area contributed by atoms with E-state index in [1.807, 2.05) is 12.2 Å². The Labute approximate surface area is 121 Å². The van der Waals surface area contributed by atoms with Gasteiger partial charge in [-0.05, 0) is 25.0 Å². The van der Waals surface area contributed by atoms with Crippen LogP contribution in [0.25, 0.3) is 0 Å². The van der Waals surface area contributed by atoms with E-state index in [0.717, 1.165) is 0 Å². The number of imide groups is 1. The van der Waals surface area contributed by atoms with Crippen molar-refractivity contribution in [2.24, 2.45) is 11.8 Å². The molecule has 1 aromatic rings. The van der Waals surface area contributed by atoms with Gasteiger partial charge in [-0.1, -0.05) is 12.2 Å². The first kappa shape index (κ1) is 13.6. The Morgan fingerprint density at radius 2 is 1.86 bits per heavy atom. The Balaban J connectivity index is 1.76. The molecular weight excluding hydrogens is 274 g/mol. The van der Waals surface area contributed by atoms with Crippen LogP contribution in [0.2, 0.25) is 0 Å².